The van der Waals surface area contributed by atoms with E-state index in [-0.39, 0.29) is 28.9 Å². The van der Waals surface area contributed by atoms with Crippen LogP contribution >= 0.6 is 0 Å². The number of nitrogens with one attached hydrogen (secondary N) is 2. The Bertz CT molecular complexity index is 460. The SMILES string of the molecule is CCC(C)NC(=O)c1cccc([N+](=O)[O-])c1NC. The van der Waals surface area contributed by atoms with Gasteiger partial charge in [0, 0.05) is 19.2 Å². The molecule has 1 unspecified atom stereocenters. The Hall–Kier alpha value is -2.11. The van der Waals surface area contributed by atoms with Gasteiger partial charge in [0.25, 0.3) is 11.6 Å². The van der Waals surface area contributed by atoms with E-state index >= 15 is 0 Å². The second-order valence-corrected chi connectivity index (χ2v) is 3.99. The fraction of sp³-hybridized carbons (Fsp3) is 0.417. The highest BCUT2D eigenvalue weighted by Crippen LogP contribution is 2.27. The Kier molecular flexibility index (Phi) is 4.65. The van der Waals surface area contributed by atoms with Crippen molar-refractivity contribution in [2.45, 2.75) is 26.3 Å². The van der Waals surface area contributed by atoms with Gasteiger partial charge in [0.1, 0.15) is 5.69 Å². The molecule has 0 saturated carbocycles. The van der Waals surface area contributed by atoms with Crippen molar-refractivity contribution in [1.82, 2.24) is 5.32 Å². The Morgan fingerprint density at radius 1 is 1.50 bits per heavy atom. The Balaban J connectivity index is 3.12. The van der Waals surface area contributed by atoms with Gasteiger partial charge in [-0.25, -0.2) is 0 Å². The number of nitrogens with zero attached hydrogens (tertiary/aromatic N) is 1. The second-order valence-electron chi connectivity index (χ2n) is 3.99. The van der Waals surface area contributed by atoms with Gasteiger partial charge in [-0.2, -0.15) is 0 Å². The quantitative estimate of drug-likeness (QED) is 0.620. The number of anilines is 1. The molecule has 2 N–H and O–H groups in total. The summed E-state index contributed by atoms with van der Waals surface area (Å²) in [5, 5.41) is 16.4. The lowest BCUT2D eigenvalue weighted by molar-refractivity contribution is -0.384. The van der Waals surface area contributed by atoms with E-state index in [1.165, 1.54) is 12.1 Å². The van der Waals surface area contributed by atoms with Gasteiger partial charge in [-0.3, -0.25) is 14.9 Å². The molecule has 0 saturated heterocycles. The third-order valence-corrected chi connectivity index (χ3v) is 2.72. The van der Waals surface area contributed by atoms with Crippen LogP contribution in [0.4, 0.5) is 11.4 Å². The first-order chi connectivity index (χ1) is 8.51. The van der Waals surface area contributed by atoms with Gasteiger partial charge >= 0.3 is 0 Å². The number of hydrogen-bond donors (Lipinski definition) is 2. The molecule has 1 aromatic carbocycles. The summed E-state index contributed by atoms with van der Waals surface area (Å²) >= 11 is 0. The van der Waals surface area contributed by atoms with E-state index in [1.54, 1.807) is 13.1 Å². The van der Waals surface area contributed by atoms with Crippen LogP contribution in [0.5, 0.6) is 0 Å². The van der Waals surface area contributed by atoms with Crippen molar-refractivity contribution < 1.29 is 9.72 Å². The van der Waals surface area contributed by atoms with Crippen LogP contribution in [0.2, 0.25) is 0 Å². The third kappa shape index (κ3) is 2.97. The number of benzene rings is 1. The maximum absolute atomic E-state index is 12.0. The molecule has 0 aliphatic rings. The normalized spacial score (nSPS) is 11.7. The topological polar surface area (TPSA) is 84.3 Å². The van der Waals surface area contributed by atoms with Crippen LogP contribution in [-0.4, -0.2) is 23.9 Å². The first-order valence-corrected chi connectivity index (χ1v) is 5.77. The minimum Gasteiger partial charge on any atom is -0.382 e. The summed E-state index contributed by atoms with van der Waals surface area (Å²) in [5.41, 5.74) is 0.421. The predicted molar refractivity (Wildman–Crippen MR) is 69.9 cm³/mol. The van der Waals surface area contributed by atoms with E-state index in [1.807, 2.05) is 13.8 Å². The molecule has 0 fully saturated rings. The van der Waals surface area contributed by atoms with E-state index < -0.39 is 4.92 Å². The van der Waals surface area contributed by atoms with Gasteiger partial charge in [-0.1, -0.05) is 13.0 Å². The number of nitro benzene ring substituents is 1. The number of amides is 1. The molecule has 1 atom stereocenters. The lowest BCUT2D eigenvalue weighted by Crippen LogP contribution is -2.32. The number of carbonyl (C=O) groups excluding carboxylic acids is 1. The molecule has 0 bridgehead atoms. The van der Waals surface area contributed by atoms with Crippen molar-refractivity contribution in [2.75, 3.05) is 12.4 Å². The molecule has 0 aromatic heterocycles. The molecule has 1 rings (SSSR count). The minimum atomic E-state index is -0.508. The van der Waals surface area contributed by atoms with Crippen molar-refractivity contribution in [3.63, 3.8) is 0 Å². The van der Waals surface area contributed by atoms with Crippen LogP contribution in [0.25, 0.3) is 0 Å². The molecule has 6 nitrogen and oxygen atoms in total. The molecule has 0 aliphatic carbocycles. The fourth-order valence-corrected chi connectivity index (χ4v) is 1.55. The summed E-state index contributed by atoms with van der Waals surface area (Å²) in [6.07, 6.45) is 0.801. The lowest BCUT2D eigenvalue weighted by atomic mass is 10.1. The zero-order chi connectivity index (χ0) is 13.7. The highest BCUT2D eigenvalue weighted by Gasteiger charge is 2.20. The summed E-state index contributed by atoms with van der Waals surface area (Å²) in [6.45, 7) is 3.84. The number of carbonyl (C=O) groups is 1. The first-order valence-electron chi connectivity index (χ1n) is 5.77. The van der Waals surface area contributed by atoms with Crippen LogP contribution in [0.3, 0.4) is 0 Å². The molecule has 1 aromatic rings. The maximum atomic E-state index is 12.0. The van der Waals surface area contributed by atoms with Crippen LogP contribution in [0.15, 0.2) is 18.2 Å². The minimum absolute atomic E-state index is 0.0291. The van der Waals surface area contributed by atoms with Gasteiger partial charge in [0.2, 0.25) is 0 Å². The van der Waals surface area contributed by atoms with E-state index in [4.69, 9.17) is 0 Å². The van der Waals surface area contributed by atoms with Crippen LogP contribution in [0.1, 0.15) is 30.6 Å². The number of nitro groups is 1. The molecular weight excluding hydrogens is 234 g/mol. The Labute approximate surface area is 106 Å². The molecular formula is C12H17N3O3. The van der Waals surface area contributed by atoms with Crippen LogP contribution in [-0.2, 0) is 0 Å². The lowest BCUT2D eigenvalue weighted by Gasteiger charge is -2.13. The Morgan fingerprint density at radius 2 is 2.17 bits per heavy atom. The molecule has 1 amide bonds. The first kappa shape index (κ1) is 14.0. The molecule has 0 spiro atoms. The van der Waals surface area contributed by atoms with Crippen LogP contribution < -0.4 is 10.6 Å². The van der Waals surface area contributed by atoms with Gasteiger partial charge in [-0.05, 0) is 19.4 Å². The van der Waals surface area contributed by atoms with Crippen molar-refractivity contribution in [1.29, 1.82) is 0 Å². The molecule has 0 radical (unpaired) electrons. The van der Waals surface area contributed by atoms with Gasteiger partial charge in [0.15, 0.2) is 0 Å². The van der Waals surface area contributed by atoms with Crippen molar-refractivity contribution in [3.8, 4) is 0 Å². The van der Waals surface area contributed by atoms with E-state index in [9.17, 15) is 14.9 Å². The smallest absolute Gasteiger partial charge is 0.293 e. The zero-order valence-corrected chi connectivity index (χ0v) is 10.7. The van der Waals surface area contributed by atoms with E-state index in [0.717, 1.165) is 6.42 Å². The van der Waals surface area contributed by atoms with Gasteiger partial charge in [0.05, 0.1) is 10.5 Å². The molecule has 98 valence electrons. The average molecular weight is 251 g/mol. The molecule has 6 heteroatoms. The summed E-state index contributed by atoms with van der Waals surface area (Å²) in [6, 6.07) is 4.47. The predicted octanol–water partition coefficient (Wildman–Crippen LogP) is 2.16. The van der Waals surface area contributed by atoms with Crippen molar-refractivity contribution in [2.24, 2.45) is 0 Å². The van der Waals surface area contributed by atoms with Gasteiger partial charge < -0.3 is 10.6 Å². The molecule has 18 heavy (non-hydrogen) atoms. The number of rotatable bonds is 5. The fourth-order valence-electron chi connectivity index (χ4n) is 1.55. The average Bonchev–Trinajstić information content (AvgIpc) is 2.37. The van der Waals surface area contributed by atoms with Gasteiger partial charge in [-0.15, -0.1) is 0 Å². The summed E-state index contributed by atoms with van der Waals surface area (Å²) in [5.74, 6) is -0.308. The maximum Gasteiger partial charge on any atom is 0.293 e. The van der Waals surface area contributed by atoms with Crippen molar-refractivity contribution in [3.05, 3.63) is 33.9 Å². The summed E-state index contributed by atoms with van der Waals surface area (Å²) in [4.78, 5) is 22.4. The highest BCUT2D eigenvalue weighted by atomic mass is 16.6. The molecule has 0 aliphatic heterocycles. The number of hydrogen-bond acceptors (Lipinski definition) is 4. The largest absolute Gasteiger partial charge is 0.382 e. The second kappa shape index (κ2) is 6.00. The summed E-state index contributed by atoms with van der Waals surface area (Å²) < 4.78 is 0. The van der Waals surface area contributed by atoms with Crippen LogP contribution in [0, 0.1) is 10.1 Å². The number of para-hydroxylation sites is 1. The third-order valence-electron chi connectivity index (χ3n) is 2.72. The molecule has 0 heterocycles. The zero-order valence-electron chi connectivity index (χ0n) is 10.7. The van der Waals surface area contributed by atoms with Crippen molar-refractivity contribution >= 4 is 17.3 Å². The van der Waals surface area contributed by atoms with E-state index in [0.29, 0.717) is 0 Å². The van der Waals surface area contributed by atoms with E-state index in [2.05, 4.69) is 10.6 Å². The summed E-state index contributed by atoms with van der Waals surface area (Å²) in [7, 11) is 1.56. The highest BCUT2D eigenvalue weighted by molar-refractivity contribution is 6.01. The monoisotopic (exact) mass is 251 g/mol. The standard InChI is InChI=1S/C12H17N3O3/c1-4-8(2)14-12(16)9-6-5-7-10(15(17)18)11(9)13-3/h5-8,13H,4H2,1-3H3,(H,14,16). The Morgan fingerprint density at radius 3 is 2.67 bits per heavy atom.